The molecule has 0 aromatic heterocycles. The van der Waals surface area contributed by atoms with Crippen molar-refractivity contribution in [2.75, 3.05) is 6.61 Å². The van der Waals surface area contributed by atoms with Gasteiger partial charge in [0, 0.05) is 12.1 Å². The van der Waals surface area contributed by atoms with Crippen LogP contribution in [0.1, 0.15) is 33.6 Å². The summed E-state index contributed by atoms with van der Waals surface area (Å²) in [4.78, 5) is 26.7. The first-order chi connectivity index (χ1) is 8.26. The van der Waals surface area contributed by atoms with Crippen molar-refractivity contribution in [3.8, 4) is 0 Å². The van der Waals surface area contributed by atoms with Gasteiger partial charge >= 0.3 is 6.09 Å². The Labute approximate surface area is 106 Å². The van der Waals surface area contributed by atoms with E-state index in [-0.39, 0.29) is 18.7 Å². The molecule has 0 aliphatic heterocycles. The highest BCUT2D eigenvalue weighted by Gasteiger charge is 2.31. The molecule has 104 valence electrons. The molecule has 0 bridgehead atoms. The molecule has 1 rings (SSSR count). The number of primary amides is 1. The van der Waals surface area contributed by atoms with Crippen LogP contribution in [0, 0.1) is 0 Å². The van der Waals surface area contributed by atoms with Crippen LogP contribution in [0.15, 0.2) is 0 Å². The Morgan fingerprint density at radius 1 is 1.28 bits per heavy atom. The Hall–Kier alpha value is -1.34. The predicted molar refractivity (Wildman–Crippen MR) is 64.5 cm³/mol. The van der Waals surface area contributed by atoms with Crippen molar-refractivity contribution in [3.05, 3.63) is 0 Å². The molecule has 0 atom stereocenters. The molecule has 2 amide bonds. The molecule has 0 spiro atoms. The fourth-order valence-corrected chi connectivity index (χ4v) is 1.54. The molecule has 0 aromatic rings. The molecule has 1 aliphatic rings. The Balaban J connectivity index is 2.08. The number of carbonyl (C=O) groups is 2. The lowest BCUT2D eigenvalue weighted by molar-refractivity contribution is -0.126. The van der Waals surface area contributed by atoms with Crippen molar-refractivity contribution in [2.24, 2.45) is 5.73 Å². The number of nitrogens with one attached hydrogen (secondary N) is 2. The third-order valence-electron chi connectivity index (χ3n) is 2.32. The molecule has 0 heterocycles. The van der Waals surface area contributed by atoms with Gasteiger partial charge in [0.05, 0.1) is 0 Å². The van der Waals surface area contributed by atoms with Crippen LogP contribution in [-0.2, 0) is 14.4 Å². The molecule has 0 unspecified atom stereocenters. The van der Waals surface area contributed by atoms with Crippen molar-refractivity contribution in [1.29, 1.82) is 0 Å². The number of hydrogen-bond donors (Lipinski definition) is 3. The number of amides is 2. The van der Waals surface area contributed by atoms with Gasteiger partial charge in [0.25, 0.3) is 0 Å². The maximum atomic E-state index is 11.4. The van der Waals surface area contributed by atoms with Crippen LogP contribution < -0.4 is 16.5 Å². The number of alkyl carbamates (subject to hydrolysis) is 1. The Morgan fingerprint density at radius 2 is 1.89 bits per heavy atom. The van der Waals surface area contributed by atoms with Gasteiger partial charge in [-0.15, -0.1) is 0 Å². The van der Waals surface area contributed by atoms with E-state index in [2.05, 4.69) is 10.8 Å². The summed E-state index contributed by atoms with van der Waals surface area (Å²) in [5.41, 5.74) is 7.13. The second kappa shape index (κ2) is 6.01. The van der Waals surface area contributed by atoms with Crippen LogP contribution in [0.2, 0.25) is 0 Å². The van der Waals surface area contributed by atoms with Gasteiger partial charge in [-0.25, -0.2) is 4.79 Å². The van der Waals surface area contributed by atoms with E-state index in [1.165, 1.54) is 0 Å². The zero-order valence-corrected chi connectivity index (χ0v) is 11.0. The summed E-state index contributed by atoms with van der Waals surface area (Å²) in [5.74, 6) is -0.523. The van der Waals surface area contributed by atoms with E-state index in [0.717, 1.165) is 12.8 Å². The van der Waals surface area contributed by atoms with Crippen LogP contribution in [0.4, 0.5) is 4.79 Å². The van der Waals surface area contributed by atoms with Gasteiger partial charge in [0.1, 0.15) is 12.2 Å². The fraction of sp³-hybridized carbons (Fsp3) is 0.818. The molecule has 4 N–H and O–H groups in total. The molecule has 0 saturated heterocycles. The van der Waals surface area contributed by atoms with Crippen molar-refractivity contribution < 1.29 is 19.2 Å². The normalized spacial score (nSPS) is 23.1. The third-order valence-corrected chi connectivity index (χ3v) is 2.32. The Morgan fingerprint density at radius 3 is 2.39 bits per heavy atom. The van der Waals surface area contributed by atoms with Gasteiger partial charge in [-0.2, -0.15) is 5.48 Å². The number of hydroxylamine groups is 1. The maximum Gasteiger partial charge on any atom is 0.407 e. The zero-order chi connectivity index (χ0) is 13.8. The lowest BCUT2D eigenvalue weighted by Gasteiger charge is -2.36. The van der Waals surface area contributed by atoms with Gasteiger partial charge in [0.15, 0.2) is 0 Å². The van der Waals surface area contributed by atoms with Gasteiger partial charge < -0.3 is 15.8 Å². The number of nitrogens with two attached hydrogens (primary N) is 1. The van der Waals surface area contributed by atoms with E-state index < -0.39 is 17.6 Å². The molecule has 1 saturated carbocycles. The summed E-state index contributed by atoms with van der Waals surface area (Å²) < 4.78 is 5.13. The van der Waals surface area contributed by atoms with E-state index in [9.17, 15) is 9.59 Å². The molecule has 7 heteroatoms. The molecular weight excluding hydrogens is 238 g/mol. The standard InChI is InChI=1S/C11H21N3O4/c1-11(2,3)18-10(16)13-7-4-8(5-7)14-17-6-9(12)15/h7-8,14H,4-6H2,1-3H3,(H2,12,15)(H,13,16). The van der Waals surface area contributed by atoms with E-state index in [0.29, 0.717) is 0 Å². The van der Waals surface area contributed by atoms with Crippen molar-refractivity contribution in [2.45, 2.75) is 51.3 Å². The molecular formula is C11H21N3O4. The van der Waals surface area contributed by atoms with Crippen LogP contribution in [0.3, 0.4) is 0 Å². The van der Waals surface area contributed by atoms with Gasteiger partial charge in [-0.3, -0.25) is 9.63 Å². The summed E-state index contributed by atoms with van der Waals surface area (Å²) in [6.45, 7) is 5.29. The zero-order valence-electron chi connectivity index (χ0n) is 11.0. The summed E-state index contributed by atoms with van der Waals surface area (Å²) in [6.07, 6.45) is 1.06. The van der Waals surface area contributed by atoms with E-state index in [1.807, 2.05) is 20.8 Å². The van der Waals surface area contributed by atoms with E-state index in [4.69, 9.17) is 15.3 Å². The largest absolute Gasteiger partial charge is 0.444 e. The summed E-state index contributed by atoms with van der Waals surface area (Å²) >= 11 is 0. The van der Waals surface area contributed by atoms with E-state index in [1.54, 1.807) is 0 Å². The first-order valence-electron chi connectivity index (χ1n) is 5.91. The minimum atomic E-state index is -0.523. The first kappa shape index (κ1) is 14.7. The summed E-state index contributed by atoms with van der Waals surface area (Å²) in [6, 6.07) is 0.207. The number of rotatable bonds is 5. The van der Waals surface area contributed by atoms with Crippen LogP contribution in [0.25, 0.3) is 0 Å². The molecule has 1 fully saturated rings. The molecule has 0 aromatic carbocycles. The lowest BCUT2D eigenvalue weighted by atomic mass is 9.87. The lowest BCUT2D eigenvalue weighted by Crippen LogP contribution is -2.53. The molecule has 18 heavy (non-hydrogen) atoms. The second-order valence-corrected chi connectivity index (χ2v) is 5.38. The number of carbonyl (C=O) groups excluding carboxylic acids is 2. The number of hydrogen-bond acceptors (Lipinski definition) is 5. The highest BCUT2D eigenvalue weighted by Crippen LogP contribution is 2.20. The Bertz CT molecular complexity index is 308. The number of ether oxygens (including phenoxy) is 1. The molecule has 7 nitrogen and oxygen atoms in total. The summed E-state index contributed by atoms with van der Waals surface area (Å²) in [7, 11) is 0. The predicted octanol–water partition coefficient (Wildman–Crippen LogP) is 0.0486. The highest BCUT2D eigenvalue weighted by molar-refractivity contribution is 5.74. The third kappa shape index (κ3) is 5.83. The average Bonchev–Trinajstić information content (AvgIpc) is 2.09. The monoisotopic (exact) mass is 259 g/mol. The van der Waals surface area contributed by atoms with Crippen LogP contribution >= 0.6 is 0 Å². The van der Waals surface area contributed by atoms with Gasteiger partial charge in [-0.05, 0) is 33.6 Å². The first-order valence-corrected chi connectivity index (χ1v) is 5.91. The van der Waals surface area contributed by atoms with Crippen molar-refractivity contribution >= 4 is 12.0 Å². The van der Waals surface area contributed by atoms with Gasteiger partial charge in [0.2, 0.25) is 5.91 Å². The average molecular weight is 259 g/mol. The summed E-state index contributed by atoms with van der Waals surface area (Å²) in [5, 5.41) is 2.75. The topological polar surface area (TPSA) is 103 Å². The second-order valence-electron chi connectivity index (χ2n) is 5.38. The van der Waals surface area contributed by atoms with Crippen LogP contribution in [-0.4, -0.2) is 36.3 Å². The SMILES string of the molecule is CC(C)(C)OC(=O)NC1CC(NOCC(N)=O)C1. The van der Waals surface area contributed by atoms with Crippen LogP contribution in [0.5, 0.6) is 0 Å². The van der Waals surface area contributed by atoms with Crippen molar-refractivity contribution in [3.63, 3.8) is 0 Å². The smallest absolute Gasteiger partial charge is 0.407 e. The minimum Gasteiger partial charge on any atom is -0.444 e. The van der Waals surface area contributed by atoms with E-state index >= 15 is 0 Å². The molecule has 0 radical (unpaired) electrons. The quantitative estimate of drug-likeness (QED) is 0.605. The highest BCUT2D eigenvalue weighted by atomic mass is 16.6. The maximum absolute atomic E-state index is 11.4. The molecule has 1 aliphatic carbocycles. The van der Waals surface area contributed by atoms with Gasteiger partial charge in [-0.1, -0.05) is 0 Å². The Kier molecular flexibility index (Phi) is 4.92. The fourth-order valence-electron chi connectivity index (χ4n) is 1.54. The minimum absolute atomic E-state index is 0.0783. The van der Waals surface area contributed by atoms with Crippen molar-refractivity contribution in [1.82, 2.24) is 10.8 Å².